The molecule has 0 aliphatic carbocycles. The number of carbonyl (C=O) groups excluding carboxylic acids is 1. The van der Waals surface area contributed by atoms with Gasteiger partial charge in [-0.15, -0.1) is 17.9 Å². The van der Waals surface area contributed by atoms with Crippen LogP contribution >= 0.6 is 22.9 Å². The molecule has 13 heavy (non-hydrogen) atoms. The SMILES string of the molecule is C=CC(C)NC(=O)c1scnc1Cl. The highest BCUT2D eigenvalue weighted by Gasteiger charge is 2.13. The normalized spacial score (nSPS) is 12.2. The molecule has 0 radical (unpaired) electrons. The first-order valence-electron chi connectivity index (χ1n) is 3.67. The molecule has 0 bridgehead atoms. The highest BCUT2D eigenvalue weighted by Crippen LogP contribution is 2.17. The largest absolute Gasteiger partial charge is 0.345 e. The summed E-state index contributed by atoms with van der Waals surface area (Å²) >= 11 is 6.89. The van der Waals surface area contributed by atoms with Gasteiger partial charge in [-0.1, -0.05) is 17.7 Å². The lowest BCUT2D eigenvalue weighted by atomic mass is 10.3. The number of nitrogens with zero attached hydrogens (tertiary/aromatic N) is 1. The fourth-order valence-electron chi connectivity index (χ4n) is 0.711. The third-order valence-corrected chi connectivity index (χ3v) is 2.67. The maximum atomic E-state index is 11.4. The summed E-state index contributed by atoms with van der Waals surface area (Å²) in [6.45, 7) is 5.39. The van der Waals surface area contributed by atoms with Crippen LogP contribution in [-0.2, 0) is 0 Å². The smallest absolute Gasteiger partial charge is 0.265 e. The number of thiazole rings is 1. The molecular weight excluding hydrogens is 208 g/mol. The van der Waals surface area contributed by atoms with E-state index in [1.807, 2.05) is 6.92 Å². The van der Waals surface area contributed by atoms with Crippen molar-refractivity contribution in [3.8, 4) is 0 Å². The minimum Gasteiger partial charge on any atom is -0.345 e. The van der Waals surface area contributed by atoms with E-state index in [1.54, 1.807) is 6.08 Å². The molecule has 1 unspecified atom stereocenters. The third-order valence-electron chi connectivity index (χ3n) is 1.44. The Morgan fingerprint density at radius 2 is 2.62 bits per heavy atom. The molecule has 0 aliphatic heterocycles. The molecule has 0 aromatic carbocycles. The predicted molar refractivity (Wildman–Crippen MR) is 54.2 cm³/mol. The minimum absolute atomic E-state index is 0.0642. The Labute approximate surface area is 85.4 Å². The molecule has 3 nitrogen and oxygen atoms in total. The quantitative estimate of drug-likeness (QED) is 0.787. The van der Waals surface area contributed by atoms with E-state index in [4.69, 9.17) is 11.6 Å². The lowest BCUT2D eigenvalue weighted by Crippen LogP contribution is -2.30. The van der Waals surface area contributed by atoms with Gasteiger partial charge in [-0.25, -0.2) is 4.98 Å². The van der Waals surface area contributed by atoms with Crippen molar-refractivity contribution in [1.29, 1.82) is 0 Å². The van der Waals surface area contributed by atoms with E-state index in [0.717, 1.165) is 0 Å². The lowest BCUT2D eigenvalue weighted by molar-refractivity contribution is 0.0951. The monoisotopic (exact) mass is 216 g/mol. The van der Waals surface area contributed by atoms with Crippen molar-refractivity contribution in [2.45, 2.75) is 13.0 Å². The van der Waals surface area contributed by atoms with Crippen LogP contribution in [0, 0.1) is 0 Å². The van der Waals surface area contributed by atoms with Crippen molar-refractivity contribution in [2.75, 3.05) is 0 Å². The Balaban J connectivity index is 2.69. The molecule has 0 spiro atoms. The molecule has 5 heteroatoms. The summed E-state index contributed by atoms with van der Waals surface area (Å²) in [7, 11) is 0. The summed E-state index contributed by atoms with van der Waals surface area (Å²) in [6, 6.07) is -0.0642. The molecule has 0 aliphatic rings. The van der Waals surface area contributed by atoms with Crippen LogP contribution in [0.15, 0.2) is 18.2 Å². The third kappa shape index (κ3) is 2.54. The van der Waals surface area contributed by atoms with Crippen molar-refractivity contribution in [1.82, 2.24) is 10.3 Å². The molecular formula is C8H9ClN2OS. The van der Waals surface area contributed by atoms with Gasteiger partial charge < -0.3 is 5.32 Å². The summed E-state index contributed by atoms with van der Waals surface area (Å²) < 4.78 is 0. The molecule has 1 heterocycles. The second kappa shape index (κ2) is 4.39. The molecule has 1 amide bonds. The Hall–Kier alpha value is -0.870. The van der Waals surface area contributed by atoms with Gasteiger partial charge in [0.15, 0.2) is 5.15 Å². The molecule has 1 aromatic heterocycles. The van der Waals surface area contributed by atoms with Crippen LogP contribution in [-0.4, -0.2) is 16.9 Å². The number of carbonyl (C=O) groups is 1. The summed E-state index contributed by atoms with van der Waals surface area (Å²) in [6.07, 6.45) is 1.65. The summed E-state index contributed by atoms with van der Waals surface area (Å²) in [5, 5.41) is 2.95. The first-order valence-corrected chi connectivity index (χ1v) is 4.93. The molecule has 1 aromatic rings. The van der Waals surface area contributed by atoms with Crippen LogP contribution in [0.3, 0.4) is 0 Å². The van der Waals surface area contributed by atoms with E-state index < -0.39 is 0 Å². The van der Waals surface area contributed by atoms with E-state index in [0.29, 0.717) is 4.88 Å². The van der Waals surface area contributed by atoms with Crippen molar-refractivity contribution in [3.63, 3.8) is 0 Å². The second-order valence-electron chi connectivity index (χ2n) is 2.47. The Morgan fingerprint density at radius 3 is 3.08 bits per heavy atom. The van der Waals surface area contributed by atoms with Crippen molar-refractivity contribution < 1.29 is 4.79 Å². The Kier molecular flexibility index (Phi) is 3.45. The first-order chi connectivity index (χ1) is 6.15. The van der Waals surface area contributed by atoms with E-state index in [2.05, 4.69) is 16.9 Å². The zero-order valence-electron chi connectivity index (χ0n) is 7.08. The van der Waals surface area contributed by atoms with Crippen LogP contribution in [0.25, 0.3) is 0 Å². The highest BCUT2D eigenvalue weighted by molar-refractivity contribution is 7.12. The van der Waals surface area contributed by atoms with Crippen LogP contribution in [0.2, 0.25) is 5.15 Å². The number of hydrogen-bond donors (Lipinski definition) is 1. The number of nitrogens with one attached hydrogen (secondary N) is 1. The molecule has 0 fully saturated rings. The van der Waals surface area contributed by atoms with E-state index in [1.165, 1.54) is 16.8 Å². The standard InChI is InChI=1S/C8H9ClN2OS/c1-3-5(2)11-8(12)6-7(9)10-4-13-6/h3-5H,1H2,2H3,(H,11,12). The van der Waals surface area contributed by atoms with Gasteiger partial charge in [-0.05, 0) is 6.92 Å². The Bertz CT molecular complexity index is 324. The van der Waals surface area contributed by atoms with Gasteiger partial charge >= 0.3 is 0 Å². The van der Waals surface area contributed by atoms with Gasteiger partial charge in [0.2, 0.25) is 0 Å². The summed E-state index contributed by atoms with van der Waals surface area (Å²) in [4.78, 5) is 15.6. The van der Waals surface area contributed by atoms with Crippen LogP contribution < -0.4 is 5.32 Å². The summed E-state index contributed by atoms with van der Waals surface area (Å²) in [5.41, 5.74) is 1.54. The average Bonchev–Trinajstić information content (AvgIpc) is 2.51. The fraction of sp³-hybridized carbons (Fsp3) is 0.250. The maximum Gasteiger partial charge on any atom is 0.265 e. The first kappa shape index (κ1) is 10.2. The topological polar surface area (TPSA) is 42.0 Å². The zero-order chi connectivity index (χ0) is 9.84. The highest BCUT2D eigenvalue weighted by atomic mass is 35.5. The van der Waals surface area contributed by atoms with Gasteiger partial charge in [0.1, 0.15) is 4.88 Å². The molecule has 1 atom stereocenters. The predicted octanol–water partition coefficient (Wildman–Crippen LogP) is 2.10. The number of halogens is 1. The van der Waals surface area contributed by atoms with Gasteiger partial charge in [-0.3, -0.25) is 4.79 Å². The number of aromatic nitrogens is 1. The van der Waals surface area contributed by atoms with E-state index in [9.17, 15) is 4.79 Å². The second-order valence-corrected chi connectivity index (χ2v) is 3.68. The molecule has 1 N–H and O–H groups in total. The maximum absolute atomic E-state index is 11.4. The lowest BCUT2D eigenvalue weighted by Gasteiger charge is -2.06. The Morgan fingerprint density at radius 1 is 1.92 bits per heavy atom. The molecule has 0 saturated carbocycles. The van der Waals surface area contributed by atoms with Crippen molar-refractivity contribution in [2.24, 2.45) is 0 Å². The van der Waals surface area contributed by atoms with Gasteiger partial charge in [-0.2, -0.15) is 0 Å². The van der Waals surface area contributed by atoms with Gasteiger partial charge in [0.05, 0.1) is 5.51 Å². The van der Waals surface area contributed by atoms with E-state index >= 15 is 0 Å². The van der Waals surface area contributed by atoms with Crippen LogP contribution in [0.5, 0.6) is 0 Å². The number of rotatable bonds is 3. The minimum atomic E-state index is -0.208. The van der Waals surface area contributed by atoms with Gasteiger partial charge in [0.25, 0.3) is 5.91 Å². The van der Waals surface area contributed by atoms with Crippen LogP contribution in [0.1, 0.15) is 16.6 Å². The van der Waals surface area contributed by atoms with Crippen molar-refractivity contribution in [3.05, 3.63) is 28.2 Å². The fourth-order valence-corrected chi connectivity index (χ4v) is 1.62. The zero-order valence-corrected chi connectivity index (χ0v) is 8.65. The molecule has 0 saturated heterocycles. The van der Waals surface area contributed by atoms with Gasteiger partial charge in [0, 0.05) is 6.04 Å². The number of hydrogen-bond acceptors (Lipinski definition) is 3. The summed E-state index contributed by atoms with van der Waals surface area (Å²) in [5.74, 6) is -0.208. The van der Waals surface area contributed by atoms with Crippen molar-refractivity contribution >= 4 is 28.8 Å². The van der Waals surface area contributed by atoms with Crippen LogP contribution in [0.4, 0.5) is 0 Å². The molecule has 1 rings (SSSR count). The molecule has 70 valence electrons. The number of amides is 1. The van der Waals surface area contributed by atoms with E-state index in [-0.39, 0.29) is 17.1 Å². The average molecular weight is 217 g/mol.